The molecule has 1 saturated carbocycles. The fourth-order valence-electron chi connectivity index (χ4n) is 4.20. The highest BCUT2D eigenvalue weighted by Gasteiger charge is 2.54. The van der Waals surface area contributed by atoms with Gasteiger partial charge in [-0.1, -0.05) is 30.3 Å². The Balaban J connectivity index is 1.93. The zero-order valence-electron chi connectivity index (χ0n) is 16.5. The third kappa shape index (κ3) is 3.31. The van der Waals surface area contributed by atoms with Crippen LogP contribution in [0, 0.1) is 17.6 Å². The number of halogens is 2. The third-order valence-corrected chi connectivity index (χ3v) is 5.81. The minimum absolute atomic E-state index is 0.0561. The summed E-state index contributed by atoms with van der Waals surface area (Å²) in [7, 11) is 3.28. The number of aliphatic hydroxyl groups excluding tert-OH is 1. The average molecular weight is 398 g/mol. The summed E-state index contributed by atoms with van der Waals surface area (Å²) in [4.78, 5) is 16.2. The smallest absolute Gasteiger partial charge is 0.320 e. The van der Waals surface area contributed by atoms with Crippen LogP contribution in [0.1, 0.15) is 24.0 Å². The number of aliphatic hydroxyl groups is 1. The van der Waals surface area contributed by atoms with Crippen LogP contribution in [0.25, 0.3) is 5.57 Å². The molecule has 1 fully saturated rings. The Bertz CT molecular complexity index is 957. The molecule has 2 amide bonds. The molecule has 1 aliphatic carbocycles. The van der Waals surface area contributed by atoms with E-state index in [1.807, 2.05) is 30.3 Å². The summed E-state index contributed by atoms with van der Waals surface area (Å²) < 4.78 is 28.4. The molecule has 2 unspecified atom stereocenters. The fraction of sp³-hybridized carbons (Fsp3) is 0.348. The van der Waals surface area contributed by atoms with Crippen LogP contribution in [0.15, 0.2) is 54.6 Å². The van der Waals surface area contributed by atoms with Gasteiger partial charge in [0.15, 0.2) is 0 Å². The van der Waals surface area contributed by atoms with Gasteiger partial charge in [0, 0.05) is 26.2 Å². The Hall–Kier alpha value is -2.73. The lowest BCUT2D eigenvalue weighted by Gasteiger charge is -2.43. The highest BCUT2D eigenvalue weighted by atomic mass is 19.1. The van der Waals surface area contributed by atoms with Gasteiger partial charge in [-0.25, -0.2) is 13.6 Å². The maximum atomic E-state index is 14.6. The topological polar surface area (TPSA) is 43.8 Å². The summed E-state index contributed by atoms with van der Waals surface area (Å²) in [6, 6.07) is 12.3. The molecular weight excluding hydrogens is 374 g/mol. The first-order valence-electron chi connectivity index (χ1n) is 9.74. The predicted molar refractivity (Wildman–Crippen MR) is 107 cm³/mol. The van der Waals surface area contributed by atoms with Crippen molar-refractivity contribution in [1.29, 1.82) is 0 Å². The number of carbonyl (C=O) groups excluding carboxylic acids is 1. The van der Waals surface area contributed by atoms with Crippen molar-refractivity contribution in [2.45, 2.75) is 24.5 Å². The van der Waals surface area contributed by atoms with E-state index in [0.717, 1.165) is 36.6 Å². The summed E-state index contributed by atoms with van der Waals surface area (Å²) in [6.07, 6.45) is 2.65. The van der Waals surface area contributed by atoms with E-state index in [0.29, 0.717) is 5.57 Å². The molecule has 2 aliphatic rings. The predicted octanol–water partition coefficient (Wildman–Crippen LogP) is 4.01. The SMILES string of the molecule is CN(C)C(=O)N1CC(c2cc(F)ccc2F)=CC1(c1ccccc1)C(O)C1CC1. The molecule has 4 nitrogen and oxygen atoms in total. The molecular formula is C23H24F2N2O2. The number of carbonyl (C=O) groups is 1. The van der Waals surface area contributed by atoms with Gasteiger partial charge in [-0.05, 0) is 54.2 Å². The first kappa shape index (κ1) is 19.6. The van der Waals surface area contributed by atoms with E-state index >= 15 is 0 Å². The number of amides is 2. The van der Waals surface area contributed by atoms with Gasteiger partial charge in [-0.3, -0.25) is 0 Å². The van der Waals surface area contributed by atoms with Crippen molar-refractivity contribution in [3.8, 4) is 0 Å². The van der Waals surface area contributed by atoms with E-state index < -0.39 is 23.3 Å². The fourth-order valence-corrected chi connectivity index (χ4v) is 4.20. The Labute approximate surface area is 169 Å². The second kappa shape index (κ2) is 7.26. The summed E-state index contributed by atoms with van der Waals surface area (Å²) in [6.45, 7) is 0.0794. The van der Waals surface area contributed by atoms with Gasteiger partial charge in [0.1, 0.15) is 17.2 Å². The first-order valence-corrected chi connectivity index (χ1v) is 9.74. The largest absolute Gasteiger partial charge is 0.390 e. The number of urea groups is 1. The lowest BCUT2D eigenvalue weighted by molar-refractivity contribution is 0.00973. The number of rotatable bonds is 4. The van der Waals surface area contributed by atoms with Crippen LogP contribution in [-0.2, 0) is 5.54 Å². The van der Waals surface area contributed by atoms with Crippen LogP contribution in [0.5, 0.6) is 0 Å². The molecule has 0 saturated heterocycles. The minimum atomic E-state index is -1.14. The molecule has 6 heteroatoms. The number of nitrogens with zero attached hydrogens (tertiary/aromatic N) is 2. The van der Waals surface area contributed by atoms with Crippen LogP contribution >= 0.6 is 0 Å². The highest BCUT2D eigenvalue weighted by molar-refractivity contribution is 5.83. The zero-order chi connectivity index (χ0) is 20.8. The van der Waals surface area contributed by atoms with Gasteiger partial charge in [-0.15, -0.1) is 0 Å². The molecule has 2 aromatic rings. The summed E-state index contributed by atoms with van der Waals surface area (Å²) >= 11 is 0. The molecule has 1 heterocycles. The van der Waals surface area contributed by atoms with Crippen molar-refractivity contribution < 1.29 is 18.7 Å². The van der Waals surface area contributed by atoms with Gasteiger partial charge in [-0.2, -0.15) is 0 Å². The van der Waals surface area contributed by atoms with E-state index in [-0.39, 0.29) is 24.1 Å². The van der Waals surface area contributed by atoms with Crippen molar-refractivity contribution in [3.05, 3.63) is 77.4 Å². The second-order valence-electron chi connectivity index (χ2n) is 8.03. The summed E-state index contributed by atoms with van der Waals surface area (Å²) in [5.41, 5.74) is 0.210. The zero-order valence-corrected chi connectivity index (χ0v) is 16.5. The molecule has 152 valence electrons. The average Bonchev–Trinajstić information content (AvgIpc) is 3.49. The number of hydrogen-bond donors (Lipinski definition) is 1. The van der Waals surface area contributed by atoms with E-state index in [1.165, 1.54) is 4.90 Å². The lowest BCUT2D eigenvalue weighted by atomic mass is 9.81. The van der Waals surface area contributed by atoms with Gasteiger partial charge in [0.2, 0.25) is 0 Å². The molecule has 0 spiro atoms. The summed E-state index contributed by atoms with van der Waals surface area (Å²) in [5.74, 6) is -1.05. The molecule has 0 aromatic heterocycles. The maximum Gasteiger partial charge on any atom is 0.320 e. The Morgan fingerprint density at radius 1 is 1.17 bits per heavy atom. The minimum Gasteiger partial charge on any atom is -0.390 e. The normalized spacial score (nSPS) is 22.4. The van der Waals surface area contributed by atoms with Crippen molar-refractivity contribution in [3.63, 3.8) is 0 Å². The second-order valence-corrected chi connectivity index (χ2v) is 8.03. The van der Waals surface area contributed by atoms with Gasteiger partial charge >= 0.3 is 6.03 Å². The van der Waals surface area contributed by atoms with Crippen molar-refractivity contribution >= 4 is 11.6 Å². The lowest BCUT2D eigenvalue weighted by Crippen LogP contribution is -2.56. The van der Waals surface area contributed by atoms with Crippen molar-refractivity contribution in [1.82, 2.24) is 9.80 Å². The Morgan fingerprint density at radius 3 is 2.48 bits per heavy atom. The van der Waals surface area contributed by atoms with Crippen LogP contribution in [0.4, 0.5) is 13.6 Å². The monoisotopic (exact) mass is 398 g/mol. The molecule has 4 rings (SSSR count). The standard InChI is InChI=1S/C23H24F2N2O2/c1-26(2)22(29)27-14-16(19-12-18(24)10-11-20(19)25)13-23(27,21(28)15-8-9-15)17-6-4-3-5-7-17/h3-7,10-13,15,21,28H,8-9,14H2,1-2H3. The molecule has 1 aliphatic heterocycles. The van der Waals surface area contributed by atoms with Crippen LogP contribution in [0.3, 0.4) is 0 Å². The van der Waals surface area contributed by atoms with Crippen LogP contribution in [-0.4, -0.2) is 47.7 Å². The number of benzene rings is 2. The molecule has 2 atom stereocenters. The van der Waals surface area contributed by atoms with Crippen molar-refractivity contribution in [2.24, 2.45) is 5.92 Å². The molecule has 29 heavy (non-hydrogen) atoms. The van der Waals surface area contributed by atoms with E-state index in [9.17, 15) is 18.7 Å². The molecule has 0 bridgehead atoms. The van der Waals surface area contributed by atoms with Gasteiger partial charge in [0.05, 0.1) is 6.10 Å². The van der Waals surface area contributed by atoms with Crippen LogP contribution < -0.4 is 0 Å². The summed E-state index contributed by atoms with van der Waals surface area (Å²) in [5, 5.41) is 11.4. The first-order chi connectivity index (χ1) is 13.8. The maximum absolute atomic E-state index is 14.6. The quantitative estimate of drug-likeness (QED) is 0.846. The third-order valence-electron chi connectivity index (χ3n) is 5.81. The van der Waals surface area contributed by atoms with E-state index in [4.69, 9.17) is 0 Å². The van der Waals surface area contributed by atoms with Gasteiger partial charge in [0.25, 0.3) is 0 Å². The molecule has 2 aromatic carbocycles. The Kier molecular flexibility index (Phi) is 4.90. The Morgan fingerprint density at radius 2 is 1.86 bits per heavy atom. The van der Waals surface area contributed by atoms with E-state index in [2.05, 4.69) is 0 Å². The van der Waals surface area contributed by atoms with Crippen molar-refractivity contribution in [2.75, 3.05) is 20.6 Å². The van der Waals surface area contributed by atoms with Crippen LogP contribution in [0.2, 0.25) is 0 Å². The molecule has 0 radical (unpaired) electrons. The highest BCUT2D eigenvalue weighted by Crippen LogP contribution is 2.50. The van der Waals surface area contributed by atoms with E-state index in [1.54, 1.807) is 25.1 Å². The molecule has 1 N–H and O–H groups in total. The number of hydrogen-bond acceptors (Lipinski definition) is 2. The van der Waals surface area contributed by atoms with Gasteiger partial charge < -0.3 is 14.9 Å².